The summed E-state index contributed by atoms with van der Waals surface area (Å²) < 4.78 is 39.0. The quantitative estimate of drug-likeness (QED) is 0.150. The van der Waals surface area contributed by atoms with Crippen LogP contribution in [0, 0.1) is 10.1 Å². The van der Waals surface area contributed by atoms with Gasteiger partial charge in [0.1, 0.15) is 23.8 Å². The Morgan fingerprint density at radius 3 is 2.34 bits per heavy atom. The first kappa shape index (κ1) is 26.2. The van der Waals surface area contributed by atoms with Gasteiger partial charge in [0.15, 0.2) is 0 Å². The monoisotopic (exact) mass is 532 g/mol. The lowest BCUT2D eigenvalue weighted by atomic mass is 10.2. The van der Waals surface area contributed by atoms with Gasteiger partial charge in [0.25, 0.3) is 15.7 Å². The molecule has 0 unspecified atom stereocenters. The van der Waals surface area contributed by atoms with E-state index in [0.29, 0.717) is 18.1 Å². The van der Waals surface area contributed by atoms with Gasteiger partial charge in [-0.15, -0.1) is 0 Å². The van der Waals surface area contributed by atoms with E-state index in [9.17, 15) is 18.5 Å². The van der Waals surface area contributed by atoms with Crippen molar-refractivity contribution in [1.29, 1.82) is 0 Å². The van der Waals surface area contributed by atoms with Crippen LogP contribution in [0.5, 0.6) is 11.5 Å². The van der Waals surface area contributed by atoms with E-state index in [1.54, 1.807) is 42.5 Å². The number of nitrogens with one attached hydrogen (secondary N) is 2. The van der Waals surface area contributed by atoms with Gasteiger partial charge in [0.05, 0.1) is 28.8 Å². The Hall–Kier alpha value is -4.90. The summed E-state index contributed by atoms with van der Waals surface area (Å²) in [6.07, 6.45) is 1.48. The highest BCUT2D eigenvalue weighted by molar-refractivity contribution is 7.92. The van der Waals surface area contributed by atoms with Gasteiger partial charge >= 0.3 is 0 Å². The van der Waals surface area contributed by atoms with Crippen molar-refractivity contribution in [3.05, 3.63) is 118 Å². The van der Waals surface area contributed by atoms with Gasteiger partial charge in [0.2, 0.25) is 0 Å². The van der Waals surface area contributed by atoms with Crippen molar-refractivity contribution in [3.63, 3.8) is 0 Å². The van der Waals surface area contributed by atoms with Crippen LogP contribution >= 0.6 is 0 Å². The molecule has 0 aliphatic rings. The number of nitro groups is 1. The molecule has 10 nitrogen and oxygen atoms in total. The minimum Gasteiger partial charge on any atom is -0.495 e. The maximum atomic E-state index is 12.9. The number of para-hydroxylation sites is 2. The average Bonchev–Trinajstić information content (AvgIpc) is 2.93. The first-order chi connectivity index (χ1) is 18.4. The topological polar surface area (TPSA) is 132 Å². The normalized spacial score (nSPS) is 11.2. The molecular weight excluding hydrogens is 508 g/mol. The fraction of sp³-hybridized carbons (Fsp3) is 0.0741. The maximum absolute atomic E-state index is 12.9. The van der Waals surface area contributed by atoms with Crippen LogP contribution in [-0.4, -0.2) is 26.7 Å². The van der Waals surface area contributed by atoms with Gasteiger partial charge < -0.3 is 9.47 Å². The number of sulfonamides is 1. The number of nitrogens with zero attached hydrogens (tertiary/aromatic N) is 2. The molecule has 0 atom stereocenters. The molecule has 0 saturated carbocycles. The smallest absolute Gasteiger partial charge is 0.295 e. The molecule has 0 aromatic heterocycles. The van der Waals surface area contributed by atoms with Crippen LogP contribution in [0.1, 0.15) is 11.1 Å². The summed E-state index contributed by atoms with van der Waals surface area (Å²) >= 11 is 0. The third-order valence-corrected chi connectivity index (χ3v) is 6.72. The van der Waals surface area contributed by atoms with Crippen LogP contribution in [0.2, 0.25) is 0 Å². The van der Waals surface area contributed by atoms with Crippen molar-refractivity contribution in [1.82, 2.24) is 0 Å². The van der Waals surface area contributed by atoms with Crippen molar-refractivity contribution >= 4 is 33.3 Å². The molecule has 0 amide bonds. The summed E-state index contributed by atoms with van der Waals surface area (Å²) in [6.45, 7) is 0.444. The van der Waals surface area contributed by atoms with E-state index in [1.807, 2.05) is 30.3 Å². The minimum absolute atomic E-state index is 0.0327. The number of anilines is 2. The second kappa shape index (κ2) is 11.9. The lowest BCUT2D eigenvalue weighted by Crippen LogP contribution is -2.14. The highest BCUT2D eigenvalue weighted by atomic mass is 32.2. The van der Waals surface area contributed by atoms with E-state index in [4.69, 9.17) is 9.47 Å². The second-order valence-electron chi connectivity index (χ2n) is 7.96. The molecule has 0 spiro atoms. The van der Waals surface area contributed by atoms with Gasteiger partial charge in [-0.1, -0.05) is 42.5 Å². The van der Waals surface area contributed by atoms with Crippen LogP contribution in [0.3, 0.4) is 0 Å². The first-order valence-electron chi connectivity index (χ1n) is 11.4. The van der Waals surface area contributed by atoms with Gasteiger partial charge in [0, 0.05) is 6.07 Å². The van der Waals surface area contributed by atoms with E-state index < -0.39 is 20.6 Å². The van der Waals surface area contributed by atoms with E-state index in [1.165, 1.54) is 31.5 Å². The Bertz CT molecular complexity index is 1540. The van der Waals surface area contributed by atoms with Crippen LogP contribution in [-0.2, 0) is 16.6 Å². The summed E-state index contributed by atoms with van der Waals surface area (Å²) in [5.41, 5.74) is 4.19. The number of benzene rings is 4. The Kier molecular flexibility index (Phi) is 8.19. The molecule has 0 aliphatic carbocycles. The summed E-state index contributed by atoms with van der Waals surface area (Å²) in [5.74, 6) is 1.00. The summed E-state index contributed by atoms with van der Waals surface area (Å²) in [7, 11) is -2.71. The summed E-state index contributed by atoms with van der Waals surface area (Å²) in [5, 5.41) is 15.7. The highest BCUT2D eigenvalue weighted by Gasteiger charge is 2.22. The molecule has 0 aliphatic heterocycles. The first-order valence-corrected chi connectivity index (χ1v) is 12.8. The molecule has 0 fully saturated rings. The molecule has 0 saturated heterocycles. The number of hydrogen-bond donors (Lipinski definition) is 2. The third-order valence-electron chi connectivity index (χ3n) is 5.35. The van der Waals surface area contributed by atoms with Gasteiger partial charge in [-0.25, -0.2) is 8.42 Å². The van der Waals surface area contributed by atoms with Crippen LogP contribution in [0.15, 0.2) is 107 Å². The van der Waals surface area contributed by atoms with E-state index in [-0.39, 0.29) is 16.3 Å². The highest BCUT2D eigenvalue weighted by Crippen LogP contribution is 2.30. The zero-order chi connectivity index (χ0) is 27.0. The Labute approximate surface area is 219 Å². The van der Waals surface area contributed by atoms with E-state index in [0.717, 1.165) is 17.2 Å². The largest absolute Gasteiger partial charge is 0.495 e. The molecule has 2 N–H and O–H groups in total. The standard InChI is InChI=1S/C27H24N4O6S/c1-36-27-10-6-5-9-25(27)30-38(34,35)23-15-16-24(26(17-23)31(32)33)29-28-18-20-11-13-22(14-12-20)37-19-21-7-3-2-4-8-21/h2-18,29-30H,19H2,1H3/b28-18+. The molecule has 4 aromatic rings. The number of rotatable bonds is 11. The van der Waals surface area contributed by atoms with Crippen molar-refractivity contribution in [2.75, 3.05) is 17.3 Å². The number of ether oxygens (including phenoxy) is 2. The molecular formula is C27H24N4O6S. The summed E-state index contributed by atoms with van der Waals surface area (Å²) in [6, 6.07) is 26.9. The van der Waals surface area contributed by atoms with Crippen molar-refractivity contribution in [3.8, 4) is 11.5 Å². The lowest BCUT2D eigenvalue weighted by Gasteiger charge is -2.12. The van der Waals surface area contributed by atoms with Gasteiger partial charge in [-0.2, -0.15) is 5.10 Å². The Morgan fingerprint density at radius 1 is 0.921 bits per heavy atom. The van der Waals surface area contributed by atoms with Crippen LogP contribution in [0.4, 0.5) is 17.1 Å². The summed E-state index contributed by atoms with van der Waals surface area (Å²) in [4.78, 5) is 10.7. The van der Waals surface area contributed by atoms with Crippen molar-refractivity contribution in [2.24, 2.45) is 5.10 Å². The molecule has 4 aromatic carbocycles. The van der Waals surface area contributed by atoms with E-state index >= 15 is 0 Å². The Balaban J connectivity index is 1.43. The predicted molar refractivity (Wildman–Crippen MR) is 145 cm³/mol. The van der Waals surface area contributed by atoms with Gasteiger partial charge in [-0.3, -0.25) is 20.3 Å². The average molecular weight is 533 g/mol. The molecule has 194 valence electrons. The zero-order valence-electron chi connectivity index (χ0n) is 20.3. The Morgan fingerprint density at radius 2 is 1.63 bits per heavy atom. The molecule has 0 heterocycles. The van der Waals surface area contributed by atoms with Crippen LogP contribution < -0.4 is 19.6 Å². The van der Waals surface area contributed by atoms with Crippen molar-refractivity contribution < 1.29 is 22.8 Å². The van der Waals surface area contributed by atoms with Gasteiger partial charge in [-0.05, 0) is 59.7 Å². The van der Waals surface area contributed by atoms with Crippen LogP contribution in [0.25, 0.3) is 0 Å². The SMILES string of the molecule is COc1ccccc1NS(=O)(=O)c1ccc(N/N=C/c2ccc(OCc3ccccc3)cc2)c([N+](=O)[O-])c1. The number of nitro benzene ring substituents is 1. The maximum Gasteiger partial charge on any atom is 0.295 e. The zero-order valence-corrected chi connectivity index (χ0v) is 21.1. The fourth-order valence-electron chi connectivity index (χ4n) is 3.42. The number of hydrogen-bond acceptors (Lipinski definition) is 8. The number of methoxy groups -OCH3 is 1. The molecule has 11 heteroatoms. The molecule has 0 bridgehead atoms. The second-order valence-corrected chi connectivity index (χ2v) is 9.64. The van der Waals surface area contributed by atoms with Crippen molar-refractivity contribution in [2.45, 2.75) is 11.5 Å². The number of hydrazone groups is 1. The molecule has 4 rings (SSSR count). The predicted octanol–water partition coefficient (Wildman–Crippen LogP) is 5.43. The third kappa shape index (κ3) is 6.65. The fourth-order valence-corrected chi connectivity index (χ4v) is 4.51. The molecule has 38 heavy (non-hydrogen) atoms. The van der Waals surface area contributed by atoms with E-state index in [2.05, 4.69) is 15.2 Å². The molecule has 0 radical (unpaired) electrons. The minimum atomic E-state index is -4.12. The lowest BCUT2D eigenvalue weighted by molar-refractivity contribution is -0.384.